The van der Waals surface area contributed by atoms with Gasteiger partial charge in [0.25, 0.3) is 5.22 Å². The van der Waals surface area contributed by atoms with Gasteiger partial charge >= 0.3 is 0 Å². The van der Waals surface area contributed by atoms with E-state index in [9.17, 15) is 14.0 Å². The van der Waals surface area contributed by atoms with Crippen LogP contribution < -0.4 is 5.32 Å². The summed E-state index contributed by atoms with van der Waals surface area (Å²) in [6.45, 7) is 2.13. The van der Waals surface area contributed by atoms with Crippen LogP contribution in [0.2, 0.25) is 0 Å². The highest BCUT2D eigenvalue weighted by Crippen LogP contribution is 2.24. The summed E-state index contributed by atoms with van der Waals surface area (Å²) in [5, 5.41) is 10.9. The molecule has 0 spiro atoms. The summed E-state index contributed by atoms with van der Waals surface area (Å²) >= 11 is 1.16. The molecular formula is C21H20FN3O3S. The molecule has 6 nitrogen and oxygen atoms in total. The number of rotatable bonds is 9. The molecule has 0 aliphatic rings. The number of aryl methyl sites for hydroxylation is 1. The first-order valence-corrected chi connectivity index (χ1v) is 10.1. The zero-order valence-electron chi connectivity index (χ0n) is 15.9. The van der Waals surface area contributed by atoms with Gasteiger partial charge in [-0.25, -0.2) is 4.39 Å². The first-order chi connectivity index (χ1) is 14.0. The van der Waals surface area contributed by atoms with Gasteiger partial charge in [-0.2, -0.15) is 0 Å². The van der Waals surface area contributed by atoms with Crippen molar-refractivity contribution in [1.29, 1.82) is 0 Å². The second-order valence-corrected chi connectivity index (χ2v) is 7.30. The summed E-state index contributed by atoms with van der Waals surface area (Å²) in [6.07, 6.45) is 1.67. The van der Waals surface area contributed by atoms with Gasteiger partial charge < -0.3 is 9.73 Å². The third-order valence-electron chi connectivity index (χ3n) is 4.12. The van der Waals surface area contributed by atoms with Crippen molar-refractivity contribution in [3.63, 3.8) is 0 Å². The van der Waals surface area contributed by atoms with E-state index < -0.39 is 0 Å². The van der Waals surface area contributed by atoms with Gasteiger partial charge in [0.15, 0.2) is 5.78 Å². The predicted molar refractivity (Wildman–Crippen MR) is 108 cm³/mol. The quantitative estimate of drug-likeness (QED) is 0.325. The van der Waals surface area contributed by atoms with Gasteiger partial charge in [0.2, 0.25) is 11.8 Å². The lowest BCUT2D eigenvalue weighted by molar-refractivity contribution is -0.118. The normalized spacial score (nSPS) is 10.7. The minimum Gasteiger partial charge on any atom is -0.411 e. The van der Waals surface area contributed by atoms with Crippen LogP contribution in [0.3, 0.4) is 0 Å². The Morgan fingerprint density at radius 3 is 2.48 bits per heavy atom. The van der Waals surface area contributed by atoms with Gasteiger partial charge in [-0.3, -0.25) is 9.59 Å². The number of nitrogens with zero attached hydrogens (tertiary/aromatic N) is 2. The molecule has 8 heteroatoms. The molecule has 1 aromatic heterocycles. The van der Waals surface area contributed by atoms with Crippen LogP contribution in [0.5, 0.6) is 0 Å². The van der Waals surface area contributed by atoms with Gasteiger partial charge in [0.05, 0.1) is 5.75 Å². The van der Waals surface area contributed by atoms with Crippen LogP contribution in [0.4, 0.5) is 4.39 Å². The molecule has 3 rings (SSSR count). The monoisotopic (exact) mass is 413 g/mol. The number of carbonyl (C=O) groups is 2. The highest BCUT2D eigenvalue weighted by atomic mass is 32.2. The molecule has 0 saturated heterocycles. The van der Waals surface area contributed by atoms with Crippen molar-refractivity contribution < 1.29 is 18.4 Å². The standard InChI is InChI=1S/C21H20FN3O3S/c1-14(26)23-12-2-3-15-4-6-16(7-5-15)19(27)13-29-21-25-24-20(28-21)17-8-10-18(22)11-9-17/h4-11H,2-3,12-13H2,1H3,(H,23,26). The Bertz CT molecular complexity index is 972. The van der Waals surface area contributed by atoms with Crippen molar-refractivity contribution in [2.75, 3.05) is 12.3 Å². The van der Waals surface area contributed by atoms with Crippen LogP contribution in [0.25, 0.3) is 11.5 Å². The molecule has 1 amide bonds. The van der Waals surface area contributed by atoms with Crippen LogP contribution in [-0.4, -0.2) is 34.2 Å². The predicted octanol–water partition coefficient (Wildman–Crippen LogP) is 3.92. The number of ketones is 1. The topological polar surface area (TPSA) is 85.1 Å². The summed E-state index contributed by atoms with van der Waals surface area (Å²) in [5.74, 6) is 0.0407. The fraction of sp³-hybridized carbons (Fsp3) is 0.238. The molecule has 29 heavy (non-hydrogen) atoms. The summed E-state index contributed by atoms with van der Waals surface area (Å²) in [7, 11) is 0. The molecule has 2 aromatic carbocycles. The Kier molecular flexibility index (Phi) is 7.13. The average molecular weight is 413 g/mol. The van der Waals surface area contributed by atoms with E-state index in [2.05, 4.69) is 15.5 Å². The fourth-order valence-electron chi connectivity index (χ4n) is 2.60. The van der Waals surface area contributed by atoms with E-state index in [0.29, 0.717) is 17.7 Å². The van der Waals surface area contributed by atoms with Crippen molar-refractivity contribution in [3.8, 4) is 11.5 Å². The molecule has 0 aliphatic heterocycles. The molecular weight excluding hydrogens is 393 g/mol. The molecule has 0 fully saturated rings. The van der Waals surface area contributed by atoms with Crippen LogP contribution in [0, 0.1) is 5.82 Å². The fourth-order valence-corrected chi connectivity index (χ4v) is 3.26. The zero-order chi connectivity index (χ0) is 20.6. The number of carbonyl (C=O) groups excluding carboxylic acids is 2. The van der Waals surface area contributed by atoms with E-state index in [1.54, 1.807) is 24.3 Å². The van der Waals surface area contributed by atoms with E-state index >= 15 is 0 Å². The number of nitrogens with one attached hydrogen (secondary N) is 1. The van der Waals surface area contributed by atoms with Crippen molar-refractivity contribution in [2.45, 2.75) is 25.0 Å². The van der Waals surface area contributed by atoms with Crippen LogP contribution in [0.1, 0.15) is 29.3 Å². The van der Waals surface area contributed by atoms with E-state index in [-0.39, 0.29) is 34.4 Å². The minimum absolute atomic E-state index is 0.0329. The van der Waals surface area contributed by atoms with Crippen LogP contribution in [-0.2, 0) is 11.2 Å². The molecule has 3 aromatic rings. The molecule has 0 saturated carbocycles. The van der Waals surface area contributed by atoms with Gasteiger partial charge in [-0.15, -0.1) is 10.2 Å². The van der Waals surface area contributed by atoms with E-state index in [4.69, 9.17) is 4.42 Å². The van der Waals surface area contributed by atoms with Crippen LogP contribution in [0.15, 0.2) is 58.2 Å². The molecule has 1 heterocycles. The Labute approximate surface area is 171 Å². The van der Waals surface area contributed by atoms with E-state index in [1.165, 1.54) is 19.1 Å². The van der Waals surface area contributed by atoms with Crippen molar-refractivity contribution in [1.82, 2.24) is 15.5 Å². The Hall–Kier alpha value is -3.00. The number of amides is 1. The van der Waals surface area contributed by atoms with Crippen molar-refractivity contribution in [2.24, 2.45) is 0 Å². The molecule has 150 valence electrons. The molecule has 0 radical (unpaired) electrons. The lowest BCUT2D eigenvalue weighted by atomic mass is 10.1. The van der Waals surface area contributed by atoms with Gasteiger partial charge in [-0.1, -0.05) is 36.0 Å². The third kappa shape index (κ3) is 6.25. The summed E-state index contributed by atoms with van der Waals surface area (Å²) in [5.41, 5.74) is 2.34. The number of Topliss-reactive ketones (excluding diaryl/α,β-unsaturated/α-hetero) is 1. The average Bonchev–Trinajstić information content (AvgIpc) is 3.19. The molecule has 0 unspecified atom stereocenters. The minimum atomic E-state index is -0.341. The van der Waals surface area contributed by atoms with Crippen molar-refractivity contribution >= 4 is 23.5 Å². The Morgan fingerprint density at radius 2 is 1.79 bits per heavy atom. The number of aromatic nitrogens is 2. The van der Waals surface area contributed by atoms with E-state index in [1.807, 2.05) is 12.1 Å². The number of thioether (sulfide) groups is 1. The molecule has 1 N–H and O–H groups in total. The van der Waals surface area contributed by atoms with E-state index in [0.717, 1.165) is 30.2 Å². The molecule has 0 aliphatic carbocycles. The number of hydrogen-bond donors (Lipinski definition) is 1. The molecule has 0 bridgehead atoms. The van der Waals surface area contributed by atoms with Gasteiger partial charge in [-0.05, 0) is 42.7 Å². The smallest absolute Gasteiger partial charge is 0.277 e. The maximum Gasteiger partial charge on any atom is 0.277 e. The lowest BCUT2D eigenvalue weighted by Gasteiger charge is -2.04. The molecule has 0 atom stereocenters. The maximum atomic E-state index is 13.0. The second kappa shape index (κ2) is 9.97. The third-order valence-corrected chi connectivity index (χ3v) is 4.93. The largest absolute Gasteiger partial charge is 0.411 e. The highest BCUT2D eigenvalue weighted by Gasteiger charge is 2.12. The summed E-state index contributed by atoms with van der Waals surface area (Å²) < 4.78 is 18.5. The van der Waals surface area contributed by atoms with Gasteiger partial charge in [0, 0.05) is 24.6 Å². The second-order valence-electron chi connectivity index (χ2n) is 6.38. The first kappa shape index (κ1) is 20.7. The summed E-state index contributed by atoms with van der Waals surface area (Å²) in [6, 6.07) is 13.2. The number of hydrogen-bond acceptors (Lipinski definition) is 6. The highest BCUT2D eigenvalue weighted by molar-refractivity contribution is 7.99. The maximum absolute atomic E-state index is 13.0. The number of benzene rings is 2. The lowest BCUT2D eigenvalue weighted by Crippen LogP contribution is -2.21. The number of halogens is 1. The van der Waals surface area contributed by atoms with Gasteiger partial charge in [0.1, 0.15) is 5.82 Å². The first-order valence-electron chi connectivity index (χ1n) is 9.10. The van der Waals surface area contributed by atoms with Crippen LogP contribution >= 0.6 is 11.8 Å². The Balaban J connectivity index is 1.49. The van der Waals surface area contributed by atoms with Crippen molar-refractivity contribution in [3.05, 3.63) is 65.5 Å². The SMILES string of the molecule is CC(=O)NCCCc1ccc(C(=O)CSc2nnc(-c3ccc(F)cc3)o2)cc1. The Morgan fingerprint density at radius 1 is 1.07 bits per heavy atom. The summed E-state index contributed by atoms with van der Waals surface area (Å²) in [4.78, 5) is 23.2. The zero-order valence-corrected chi connectivity index (χ0v) is 16.7.